The van der Waals surface area contributed by atoms with Crippen LogP contribution in [0, 0.1) is 10.7 Å². The Labute approximate surface area is 212 Å². The normalized spacial score (nSPS) is 15.5. The monoisotopic (exact) mass is 509 g/mol. The van der Waals surface area contributed by atoms with Crippen molar-refractivity contribution in [1.82, 2.24) is 14.5 Å². The molecule has 0 saturated carbocycles. The molecule has 188 valence electrons. The number of aromatic nitrogens is 2. The van der Waals surface area contributed by atoms with Crippen LogP contribution in [-0.2, 0) is 20.8 Å². The molecule has 1 N–H and O–H groups in total. The van der Waals surface area contributed by atoms with E-state index in [1.54, 1.807) is 42.2 Å². The van der Waals surface area contributed by atoms with Crippen LogP contribution in [0.15, 0.2) is 47.3 Å². The minimum absolute atomic E-state index is 0.142. The van der Waals surface area contributed by atoms with Crippen molar-refractivity contribution in [3.05, 3.63) is 74.3 Å². The van der Waals surface area contributed by atoms with Crippen molar-refractivity contribution in [3.8, 4) is 0 Å². The molecule has 0 spiro atoms. The van der Waals surface area contributed by atoms with Crippen LogP contribution in [0.2, 0.25) is 0 Å². The summed E-state index contributed by atoms with van der Waals surface area (Å²) in [6.45, 7) is 3.24. The minimum atomic E-state index is -0.504. The summed E-state index contributed by atoms with van der Waals surface area (Å²) < 4.78 is 11.5. The van der Waals surface area contributed by atoms with E-state index in [1.165, 1.54) is 23.8 Å². The van der Waals surface area contributed by atoms with Crippen molar-refractivity contribution in [3.63, 3.8) is 0 Å². The van der Waals surface area contributed by atoms with E-state index in [4.69, 9.17) is 21.7 Å². The van der Waals surface area contributed by atoms with Crippen LogP contribution in [-0.4, -0.2) is 59.1 Å². The fourth-order valence-electron chi connectivity index (χ4n) is 4.37. The number of aromatic amines is 1. The number of piperidine rings is 1. The van der Waals surface area contributed by atoms with Crippen LogP contribution < -0.4 is 5.56 Å². The van der Waals surface area contributed by atoms with E-state index >= 15 is 0 Å². The number of nitrogens with zero attached hydrogens (tertiary/aromatic N) is 2. The van der Waals surface area contributed by atoms with Crippen LogP contribution in [0.1, 0.15) is 46.0 Å². The molecule has 2 heterocycles. The van der Waals surface area contributed by atoms with Gasteiger partial charge in [-0.3, -0.25) is 19.0 Å². The molecule has 0 unspecified atom stereocenters. The second kappa shape index (κ2) is 10.9. The third-order valence-corrected chi connectivity index (χ3v) is 6.60. The predicted molar refractivity (Wildman–Crippen MR) is 136 cm³/mol. The summed E-state index contributed by atoms with van der Waals surface area (Å²) in [5, 5.41) is 0.393. The maximum atomic E-state index is 13.1. The number of fused-ring (bicyclic) bond motifs is 1. The first-order valence-electron chi connectivity index (χ1n) is 11.7. The molecule has 2 aromatic carbocycles. The van der Waals surface area contributed by atoms with Crippen molar-refractivity contribution >= 4 is 41.0 Å². The van der Waals surface area contributed by atoms with Crippen LogP contribution in [0.5, 0.6) is 0 Å². The average Bonchev–Trinajstić information content (AvgIpc) is 2.90. The van der Waals surface area contributed by atoms with Gasteiger partial charge in [0, 0.05) is 18.7 Å². The zero-order valence-electron chi connectivity index (χ0n) is 20.1. The van der Waals surface area contributed by atoms with E-state index in [9.17, 15) is 19.2 Å². The summed E-state index contributed by atoms with van der Waals surface area (Å²) in [5.41, 5.74) is 1.78. The predicted octanol–water partition coefficient (Wildman–Crippen LogP) is 3.31. The SMILES string of the molecule is CCOC(=O)[C@H]1CCCN(C(=O)c2ccc(Cn3c(=S)[nH]c4cc(C(=O)OC)ccc4c3=O)cc2)C1. The number of likely N-dealkylation sites (tertiary alicyclic amines) is 1. The third-order valence-electron chi connectivity index (χ3n) is 6.27. The number of hydrogen-bond donors (Lipinski definition) is 1. The van der Waals surface area contributed by atoms with Crippen LogP contribution >= 0.6 is 12.2 Å². The molecular formula is C26H27N3O6S. The number of hydrogen-bond acceptors (Lipinski definition) is 7. The van der Waals surface area contributed by atoms with E-state index in [-0.39, 0.29) is 34.7 Å². The Kier molecular flexibility index (Phi) is 7.64. The molecule has 1 atom stereocenters. The fourth-order valence-corrected chi connectivity index (χ4v) is 4.63. The van der Waals surface area contributed by atoms with Crippen LogP contribution in [0.25, 0.3) is 10.9 Å². The summed E-state index contributed by atoms with van der Waals surface area (Å²) in [6.07, 6.45) is 1.46. The molecule has 3 aromatic rings. The van der Waals surface area contributed by atoms with Gasteiger partial charge in [-0.15, -0.1) is 0 Å². The molecule has 1 saturated heterocycles. The molecule has 1 aliphatic rings. The summed E-state index contributed by atoms with van der Waals surface area (Å²) in [7, 11) is 1.29. The van der Waals surface area contributed by atoms with Crippen LogP contribution in [0.3, 0.4) is 0 Å². The Morgan fingerprint density at radius 1 is 1.11 bits per heavy atom. The molecule has 1 amide bonds. The van der Waals surface area contributed by atoms with Gasteiger partial charge >= 0.3 is 11.9 Å². The standard InChI is InChI=1S/C26H27N3O6S/c1-3-35-25(33)19-5-4-12-28(15-19)22(30)17-8-6-16(7-9-17)14-29-23(31)20-11-10-18(24(32)34-2)13-21(20)27-26(29)36/h6-11,13,19H,3-5,12,14-15H2,1-2H3,(H,27,36)/t19-/m0/s1. The Hall–Kier alpha value is -3.79. The molecule has 1 fully saturated rings. The van der Waals surface area contributed by atoms with E-state index in [0.29, 0.717) is 48.1 Å². The Morgan fingerprint density at radius 2 is 1.83 bits per heavy atom. The number of rotatable bonds is 6. The summed E-state index contributed by atoms with van der Waals surface area (Å²) >= 11 is 5.40. The van der Waals surface area contributed by atoms with Crippen molar-refractivity contribution in [2.24, 2.45) is 5.92 Å². The highest BCUT2D eigenvalue weighted by Crippen LogP contribution is 2.20. The lowest BCUT2D eigenvalue weighted by Crippen LogP contribution is -2.42. The van der Waals surface area contributed by atoms with E-state index in [0.717, 1.165) is 12.0 Å². The molecule has 0 radical (unpaired) electrons. The van der Waals surface area contributed by atoms with Gasteiger partial charge in [-0.25, -0.2) is 4.79 Å². The lowest BCUT2D eigenvalue weighted by Gasteiger charge is -2.31. The maximum absolute atomic E-state index is 13.1. The highest BCUT2D eigenvalue weighted by molar-refractivity contribution is 7.71. The quantitative estimate of drug-likeness (QED) is 0.401. The van der Waals surface area contributed by atoms with E-state index < -0.39 is 5.97 Å². The van der Waals surface area contributed by atoms with Crippen molar-refractivity contribution < 1.29 is 23.9 Å². The number of amides is 1. The Balaban J connectivity index is 1.51. The van der Waals surface area contributed by atoms with Gasteiger partial charge in [-0.1, -0.05) is 12.1 Å². The number of benzene rings is 2. The first kappa shape index (κ1) is 25.3. The van der Waals surface area contributed by atoms with Gasteiger partial charge in [0.15, 0.2) is 4.77 Å². The molecule has 4 rings (SSSR count). The molecule has 1 aliphatic heterocycles. The average molecular weight is 510 g/mol. The summed E-state index contributed by atoms with van der Waals surface area (Å²) in [5.74, 6) is -1.20. The zero-order chi connectivity index (χ0) is 25.8. The highest BCUT2D eigenvalue weighted by Gasteiger charge is 2.29. The minimum Gasteiger partial charge on any atom is -0.466 e. The number of carbonyl (C=O) groups is 3. The van der Waals surface area contributed by atoms with Gasteiger partial charge in [0.05, 0.1) is 42.6 Å². The van der Waals surface area contributed by atoms with Crippen molar-refractivity contribution in [2.45, 2.75) is 26.3 Å². The topological polar surface area (TPSA) is 111 Å². The lowest BCUT2D eigenvalue weighted by atomic mass is 9.97. The van der Waals surface area contributed by atoms with Gasteiger partial charge in [0.2, 0.25) is 0 Å². The molecule has 36 heavy (non-hydrogen) atoms. The fraction of sp³-hybridized carbons (Fsp3) is 0.346. The number of methoxy groups -OCH3 is 1. The van der Waals surface area contributed by atoms with E-state index in [2.05, 4.69) is 4.98 Å². The number of carbonyl (C=O) groups excluding carboxylic acids is 3. The molecule has 9 nitrogen and oxygen atoms in total. The Bertz CT molecular complexity index is 1430. The Morgan fingerprint density at radius 3 is 2.53 bits per heavy atom. The van der Waals surface area contributed by atoms with Gasteiger partial charge in [-0.2, -0.15) is 0 Å². The number of nitrogens with one attached hydrogen (secondary N) is 1. The second-order valence-corrected chi connectivity index (χ2v) is 9.00. The first-order chi connectivity index (χ1) is 17.3. The number of ether oxygens (including phenoxy) is 2. The number of esters is 2. The van der Waals surface area contributed by atoms with E-state index in [1.807, 2.05) is 0 Å². The molecule has 10 heteroatoms. The maximum Gasteiger partial charge on any atom is 0.337 e. The second-order valence-electron chi connectivity index (χ2n) is 8.61. The van der Waals surface area contributed by atoms with Gasteiger partial charge in [0.1, 0.15) is 0 Å². The highest BCUT2D eigenvalue weighted by atomic mass is 32.1. The smallest absolute Gasteiger partial charge is 0.337 e. The third kappa shape index (κ3) is 5.23. The van der Waals surface area contributed by atoms with Crippen molar-refractivity contribution in [2.75, 3.05) is 26.8 Å². The van der Waals surface area contributed by atoms with Crippen LogP contribution in [0.4, 0.5) is 0 Å². The molecular weight excluding hydrogens is 482 g/mol. The molecule has 0 aliphatic carbocycles. The summed E-state index contributed by atoms with van der Waals surface area (Å²) in [4.78, 5) is 54.7. The zero-order valence-corrected chi connectivity index (χ0v) is 20.9. The molecule has 1 aromatic heterocycles. The molecule has 0 bridgehead atoms. The van der Waals surface area contributed by atoms with Gasteiger partial charge in [0.25, 0.3) is 11.5 Å². The summed E-state index contributed by atoms with van der Waals surface area (Å²) in [6, 6.07) is 11.6. The van der Waals surface area contributed by atoms with Gasteiger partial charge < -0.3 is 19.4 Å². The number of H-pyrrole nitrogens is 1. The van der Waals surface area contributed by atoms with Crippen molar-refractivity contribution in [1.29, 1.82) is 0 Å². The van der Waals surface area contributed by atoms with Gasteiger partial charge in [-0.05, 0) is 67.9 Å². The largest absolute Gasteiger partial charge is 0.466 e. The first-order valence-corrected chi connectivity index (χ1v) is 12.1. The lowest BCUT2D eigenvalue weighted by molar-refractivity contribution is -0.149.